The summed E-state index contributed by atoms with van der Waals surface area (Å²) >= 11 is 0. The first-order chi connectivity index (χ1) is 14.3. The number of aryl methyl sites for hydroxylation is 1. The van der Waals surface area contributed by atoms with E-state index in [0.717, 1.165) is 41.0 Å². The third-order valence-corrected chi connectivity index (χ3v) is 4.79. The number of ether oxygens (including phenoxy) is 1. The molecule has 29 heavy (non-hydrogen) atoms. The van der Waals surface area contributed by atoms with E-state index in [-0.39, 0.29) is 0 Å². The van der Waals surface area contributed by atoms with E-state index in [4.69, 9.17) is 9.57 Å². The molecule has 1 heterocycles. The van der Waals surface area contributed by atoms with Crippen LogP contribution in [0.25, 0.3) is 0 Å². The van der Waals surface area contributed by atoms with Gasteiger partial charge in [0.2, 0.25) is 0 Å². The van der Waals surface area contributed by atoms with Crippen molar-refractivity contribution in [3.63, 3.8) is 0 Å². The molecule has 0 N–H and O–H groups in total. The summed E-state index contributed by atoms with van der Waals surface area (Å²) in [7, 11) is 0. The summed E-state index contributed by atoms with van der Waals surface area (Å²) in [6.07, 6.45) is 2.95. The molecule has 0 radical (unpaired) electrons. The minimum atomic E-state index is -0.462. The van der Waals surface area contributed by atoms with E-state index < -0.39 is 6.09 Å². The molecule has 5 heteroatoms. The van der Waals surface area contributed by atoms with Gasteiger partial charge in [-0.15, -0.1) is 0 Å². The highest BCUT2D eigenvalue weighted by Gasteiger charge is 2.23. The van der Waals surface area contributed by atoms with Gasteiger partial charge in [-0.25, -0.2) is 4.79 Å². The molecule has 0 atom stereocenters. The average molecular weight is 386 g/mol. The monoisotopic (exact) mass is 386 g/mol. The van der Waals surface area contributed by atoms with Crippen LogP contribution in [0.4, 0.5) is 10.5 Å². The van der Waals surface area contributed by atoms with E-state index in [1.54, 1.807) is 4.90 Å². The Balaban J connectivity index is 1.31. The summed E-state index contributed by atoms with van der Waals surface area (Å²) in [5.74, 6) is 0.771. The smallest absolute Gasteiger partial charge is 0.440 e. The molecule has 1 aliphatic rings. The number of amides is 1. The first-order valence-electron chi connectivity index (χ1n) is 9.66. The quantitative estimate of drug-likeness (QED) is 0.344. The van der Waals surface area contributed by atoms with Gasteiger partial charge in [0, 0.05) is 6.54 Å². The molecule has 0 spiro atoms. The van der Waals surface area contributed by atoms with E-state index in [0.29, 0.717) is 13.2 Å². The molecular weight excluding hydrogens is 364 g/mol. The van der Waals surface area contributed by atoms with E-state index in [9.17, 15) is 4.79 Å². The lowest BCUT2D eigenvalue weighted by Crippen LogP contribution is -2.35. The lowest BCUT2D eigenvalue weighted by molar-refractivity contribution is 0.158. The largest absolute Gasteiger partial charge is 0.489 e. The Morgan fingerprint density at radius 2 is 1.72 bits per heavy atom. The molecule has 0 saturated heterocycles. The van der Waals surface area contributed by atoms with Crippen molar-refractivity contribution >= 4 is 18.0 Å². The van der Waals surface area contributed by atoms with Crippen LogP contribution < -0.4 is 9.64 Å². The van der Waals surface area contributed by atoms with Gasteiger partial charge < -0.3 is 4.74 Å². The number of hydrogen-bond donors (Lipinski definition) is 0. The molecule has 1 amide bonds. The lowest BCUT2D eigenvalue weighted by atomic mass is 10.0. The minimum absolute atomic E-state index is 0.462. The molecule has 4 rings (SSSR count). The number of hydrogen-bond acceptors (Lipinski definition) is 4. The standard InChI is InChI=1S/C24H22N2O3/c27-24(26-16-6-10-21-9-4-5-11-23(21)26)29-25-17-19-12-14-22(15-13-19)28-18-20-7-2-1-3-8-20/h1-5,7-9,11-15,17H,6,10,16,18H2. The van der Waals surface area contributed by atoms with Gasteiger partial charge in [0.1, 0.15) is 12.4 Å². The van der Waals surface area contributed by atoms with Crippen LogP contribution in [0.15, 0.2) is 84.0 Å². The first-order valence-corrected chi connectivity index (χ1v) is 9.66. The zero-order chi connectivity index (χ0) is 19.9. The number of nitrogens with zero attached hydrogens (tertiary/aromatic N) is 2. The predicted octanol–water partition coefficient (Wildman–Crippen LogP) is 5.19. The number of rotatable bonds is 5. The van der Waals surface area contributed by atoms with Crippen LogP contribution in [0.5, 0.6) is 5.75 Å². The van der Waals surface area contributed by atoms with E-state index in [1.807, 2.05) is 78.9 Å². The fourth-order valence-corrected chi connectivity index (χ4v) is 3.30. The molecule has 0 saturated carbocycles. The average Bonchev–Trinajstić information content (AvgIpc) is 2.79. The summed E-state index contributed by atoms with van der Waals surface area (Å²) in [6.45, 7) is 1.15. The molecule has 146 valence electrons. The SMILES string of the molecule is O=C(ON=Cc1ccc(OCc2ccccc2)cc1)N1CCCc2ccccc21. The van der Waals surface area contributed by atoms with Crippen LogP contribution in [-0.4, -0.2) is 18.9 Å². The third kappa shape index (κ3) is 4.82. The topological polar surface area (TPSA) is 51.1 Å². The molecule has 0 fully saturated rings. The van der Waals surface area contributed by atoms with E-state index in [2.05, 4.69) is 5.16 Å². The summed E-state index contributed by atoms with van der Waals surface area (Å²) < 4.78 is 5.77. The summed E-state index contributed by atoms with van der Waals surface area (Å²) in [5.41, 5.74) is 4.00. The maximum absolute atomic E-state index is 12.4. The van der Waals surface area contributed by atoms with Crippen LogP contribution in [-0.2, 0) is 17.9 Å². The maximum Gasteiger partial charge on any atom is 0.440 e. The highest BCUT2D eigenvalue weighted by Crippen LogP contribution is 2.27. The Morgan fingerprint density at radius 1 is 0.966 bits per heavy atom. The van der Waals surface area contributed by atoms with Crippen molar-refractivity contribution in [3.05, 3.63) is 95.6 Å². The Kier molecular flexibility index (Phi) is 5.86. The lowest BCUT2D eigenvalue weighted by Gasteiger charge is -2.27. The van der Waals surface area contributed by atoms with Gasteiger partial charge in [-0.2, -0.15) is 0 Å². The molecule has 3 aromatic rings. The van der Waals surface area contributed by atoms with Crippen LogP contribution in [0.1, 0.15) is 23.1 Å². The van der Waals surface area contributed by atoms with Crippen molar-refractivity contribution in [1.82, 2.24) is 0 Å². The highest BCUT2D eigenvalue weighted by molar-refractivity contribution is 5.89. The Bertz CT molecular complexity index is 985. The second-order valence-corrected chi connectivity index (χ2v) is 6.82. The Hall–Kier alpha value is -3.60. The summed E-state index contributed by atoms with van der Waals surface area (Å²) in [5, 5.41) is 3.86. The van der Waals surface area contributed by atoms with Gasteiger partial charge in [-0.3, -0.25) is 9.74 Å². The highest BCUT2D eigenvalue weighted by atomic mass is 16.7. The molecule has 0 unspecified atom stereocenters. The molecule has 5 nitrogen and oxygen atoms in total. The summed E-state index contributed by atoms with van der Waals surface area (Å²) in [4.78, 5) is 19.1. The van der Waals surface area contributed by atoms with Crippen molar-refractivity contribution < 1.29 is 14.4 Å². The van der Waals surface area contributed by atoms with Crippen molar-refractivity contribution in [2.45, 2.75) is 19.4 Å². The fourth-order valence-electron chi connectivity index (χ4n) is 3.30. The predicted molar refractivity (Wildman–Crippen MR) is 113 cm³/mol. The van der Waals surface area contributed by atoms with Gasteiger partial charge >= 0.3 is 6.09 Å². The van der Waals surface area contributed by atoms with Crippen LogP contribution in [0, 0.1) is 0 Å². The third-order valence-electron chi connectivity index (χ3n) is 4.79. The van der Waals surface area contributed by atoms with Crippen molar-refractivity contribution in [1.29, 1.82) is 0 Å². The zero-order valence-electron chi connectivity index (χ0n) is 16.0. The van der Waals surface area contributed by atoms with Gasteiger partial charge in [-0.05, 0) is 59.9 Å². The van der Waals surface area contributed by atoms with Gasteiger partial charge in [0.05, 0.1) is 11.9 Å². The molecular formula is C24H22N2O3. The molecule has 0 aromatic heterocycles. The number of oxime groups is 1. The Morgan fingerprint density at radius 3 is 2.55 bits per heavy atom. The zero-order valence-corrected chi connectivity index (χ0v) is 16.0. The van der Waals surface area contributed by atoms with Gasteiger partial charge in [-0.1, -0.05) is 53.7 Å². The fraction of sp³-hybridized carbons (Fsp3) is 0.167. The number of benzene rings is 3. The second-order valence-electron chi connectivity index (χ2n) is 6.82. The number of anilines is 1. The van der Waals surface area contributed by atoms with Crippen molar-refractivity contribution in [2.75, 3.05) is 11.4 Å². The Labute approximate surface area is 170 Å². The number of carbonyl (C=O) groups is 1. The number of para-hydroxylation sites is 1. The molecule has 1 aliphatic heterocycles. The molecule has 0 bridgehead atoms. The molecule has 3 aromatic carbocycles. The van der Waals surface area contributed by atoms with Crippen molar-refractivity contribution in [3.8, 4) is 5.75 Å². The van der Waals surface area contributed by atoms with E-state index in [1.165, 1.54) is 6.21 Å². The van der Waals surface area contributed by atoms with E-state index >= 15 is 0 Å². The van der Waals surface area contributed by atoms with Crippen LogP contribution >= 0.6 is 0 Å². The number of carbonyl (C=O) groups excluding carboxylic acids is 1. The first kappa shape index (κ1) is 18.7. The van der Waals surface area contributed by atoms with Crippen LogP contribution in [0.3, 0.4) is 0 Å². The maximum atomic E-state index is 12.4. The van der Waals surface area contributed by atoms with Gasteiger partial charge in [0.25, 0.3) is 0 Å². The second kappa shape index (κ2) is 9.06. The summed E-state index contributed by atoms with van der Waals surface area (Å²) in [6, 6.07) is 25.4. The van der Waals surface area contributed by atoms with Gasteiger partial charge in [0.15, 0.2) is 0 Å². The molecule has 0 aliphatic carbocycles. The van der Waals surface area contributed by atoms with Crippen molar-refractivity contribution in [2.24, 2.45) is 5.16 Å². The number of fused-ring (bicyclic) bond motifs is 1. The normalized spacial score (nSPS) is 13.2. The van der Waals surface area contributed by atoms with Crippen LogP contribution in [0.2, 0.25) is 0 Å². The minimum Gasteiger partial charge on any atom is -0.489 e.